The molecule has 0 radical (unpaired) electrons. The minimum absolute atomic E-state index is 0.182. The predicted octanol–water partition coefficient (Wildman–Crippen LogP) is 3.42. The molecule has 5 heteroatoms. The van der Waals surface area contributed by atoms with E-state index in [0.717, 1.165) is 34.3 Å². The number of benzene rings is 1. The molecule has 3 nitrogen and oxygen atoms in total. The van der Waals surface area contributed by atoms with Gasteiger partial charge in [-0.2, -0.15) is 5.10 Å². The summed E-state index contributed by atoms with van der Waals surface area (Å²) in [5.74, 6) is 0. The zero-order valence-electron chi connectivity index (χ0n) is 9.08. The summed E-state index contributed by atoms with van der Waals surface area (Å²) in [5.41, 5.74) is 2.88. The van der Waals surface area contributed by atoms with Crippen LogP contribution in [0.3, 0.4) is 0 Å². The van der Waals surface area contributed by atoms with Gasteiger partial charge < -0.3 is 5.11 Å². The van der Waals surface area contributed by atoms with E-state index in [1.54, 1.807) is 0 Å². The number of hydrogen-bond donors (Lipinski definition) is 2. The first-order valence-corrected chi connectivity index (χ1v) is 6.49. The van der Waals surface area contributed by atoms with Crippen molar-refractivity contribution in [1.29, 1.82) is 0 Å². The van der Waals surface area contributed by atoms with E-state index in [2.05, 4.69) is 26.1 Å². The molecule has 0 atom stereocenters. The summed E-state index contributed by atoms with van der Waals surface area (Å²) < 4.78 is 0.952. The Kier molecular flexibility index (Phi) is 4.20. The fraction of sp³-hybridized carbons (Fsp3) is 0.250. The molecule has 2 rings (SSSR count). The highest BCUT2D eigenvalue weighted by molar-refractivity contribution is 9.10. The second kappa shape index (κ2) is 5.67. The van der Waals surface area contributed by atoms with Crippen molar-refractivity contribution in [3.8, 4) is 11.3 Å². The van der Waals surface area contributed by atoms with Gasteiger partial charge in [0.25, 0.3) is 0 Å². The molecule has 0 aliphatic rings. The number of aliphatic hydroxyl groups is 1. The molecular weight excluding hydrogens is 304 g/mol. The molecule has 0 unspecified atom stereocenters. The lowest BCUT2D eigenvalue weighted by Crippen LogP contribution is -1.90. The van der Waals surface area contributed by atoms with Crippen molar-refractivity contribution in [2.24, 2.45) is 0 Å². The van der Waals surface area contributed by atoms with E-state index in [0.29, 0.717) is 5.02 Å². The van der Waals surface area contributed by atoms with Gasteiger partial charge in [0.15, 0.2) is 0 Å². The van der Waals surface area contributed by atoms with E-state index in [9.17, 15) is 0 Å². The fourth-order valence-corrected chi connectivity index (χ4v) is 2.32. The van der Waals surface area contributed by atoms with E-state index in [1.165, 1.54) is 0 Å². The van der Waals surface area contributed by atoms with Gasteiger partial charge in [-0.3, -0.25) is 5.10 Å². The van der Waals surface area contributed by atoms with Crippen molar-refractivity contribution in [1.82, 2.24) is 10.2 Å². The number of H-pyrrole nitrogens is 1. The third-order valence-electron chi connectivity index (χ3n) is 2.48. The van der Waals surface area contributed by atoms with Crippen LogP contribution < -0.4 is 0 Å². The molecule has 2 aromatic rings. The Morgan fingerprint density at radius 1 is 1.29 bits per heavy atom. The standard InChI is InChI=1S/C12H12BrClN2O/c13-11-10(2-1-7-17)15-16-12(11)8-3-5-9(14)6-4-8/h3-6,17H,1-2,7H2,(H,15,16). The topological polar surface area (TPSA) is 48.9 Å². The van der Waals surface area contributed by atoms with E-state index in [4.69, 9.17) is 16.7 Å². The van der Waals surface area contributed by atoms with Crippen molar-refractivity contribution in [3.05, 3.63) is 39.5 Å². The highest BCUT2D eigenvalue weighted by Gasteiger charge is 2.11. The molecule has 0 amide bonds. The highest BCUT2D eigenvalue weighted by Crippen LogP contribution is 2.30. The number of hydrogen-bond acceptors (Lipinski definition) is 2. The lowest BCUT2D eigenvalue weighted by atomic mass is 10.1. The largest absolute Gasteiger partial charge is 0.396 e. The average molecular weight is 316 g/mol. The maximum atomic E-state index is 8.81. The number of aliphatic hydroxyl groups excluding tert-OH is 1. The van der Waals surface area contributed by atoms with E-state index in [1.807, 2.05) is 24.3 Å². The third-order valence-corrected chi connectivity index (χ3v) is 3.58. The Hall–Kier alpha value is -0.840. The summed E-state index contributed by atoms with van der Waals surface area (Å²) in [5, 5.41) is 16.8. The maximum absolute atomic E-state index is 8.81. The van der Waals surface area contributed by atoms with Gasteiger partial charge in [-0.25, -0.2) is 0 Å². The quantitative estimate of drug-likeness (QED) is 0.908. The van der Waals surface area contributed by atoms with Crippen LogP contribution in [-0.4, -0.2) is 21.9 Å². The minimum Gasteiger partial charge on any atom is -0.396 e. The third kappa shape index (κ3) is 2.89. The van der Waals surface area contributed by atoms with Gasteiger partial charge in [-0.05, 0) is 40.9 Å². The lowest BCUT2D eigenvalue weighted by Gasteiger charge is -1.99. The van der Waals surface area contributed by atoms with Gasteiger partial charge >= 0.3 is 0 Å². The van der Waals surface area contributed by atoms with Crippen LogP contribution in [0.2, 0.25) is 5.02 Å². The molecule has 0 aliphatic heterocycles. The molecule has 0 fully saturated rings. The smallest absolute Gasteiger partial charge is 0.107 e. The summed E-state index contributed by atoms with van der Waals surface area (Å²) in [6.45, 7) is 0.182. The summed E-state index contributed by atoms with van der Waals surface area (Å²) >= 11 is 9.37. The molecule has 0 saturated carbocycles. The van der Waals surface area contributed by atoms with E-state index in [-0.39, 0.29) is 6.61 Å². The lowest BCUT2D eigenvalue weighted by molar-refractivity contribution is 0.288. The van der Waals surface area contributed by atoms with E-state index >= 15 is 0 Å². The number of halogens is 2. The van der Waals surface area contributed by atoms with Crippen molar-refractivity contribution in [3.63, 3.8) is 0 Å². The van der Waals surface area contributed by atoms with Crippen LogP contribution in [0, 0.1) is 0 Å². The molecular formula is C12H12BrClN2O. The Balaban J connectivity index is 2.27. The Bertz CT molecular complexity index is 496. The fourth-order valence-electron chi connectivity index (χ4n) is 1.58. The van der Waals surface area contributed by atoms with Gasteiger partial charge in [-0.15, -0.1) is 0 Å². The van der Waals surface area contributed by atoms with E-state index < -0.39 is 0 Å². The molecule has 17 heavy (non-hydrogen) atoms. The molecule has 1 aromatic heterocycles. The molecule has 0 saturated heterocycles. The molecule has 0 aliphatic carbocycles. The molecule has 1 heterocycles. The Morgan fingerprint density at radius 3 is 2.65 bits per heavy atom. The number of rotatable bonds is 4. The van der Waals surface area contributed by atoms with Gasteiger partial charge in [0.2, 0.25) is 0 Å². The number of aromatic amines is 1. The number of aromatic nitrogens is 2. The SMILES string of the molecule is OCCCc1[nH]nc(-c2ccc(Cl)cc2)c1Br. The first-order chi connectivity index (χ1) is 8.22. The van der Waals surface area contributed by atoms with Gasteiger partial charge in [0, 0.05) is 17.2 Å². The summed E-state index contributed by atoms with van der Waals surface area (Å²) in [4.78, 5) is 0. The minimum atomic E-state index is 0.182. The van der Waals surface area contributed by atoms with Crippen LogP contribution in [0.4, 0.5) is 0 Å². The van der Waals surface area contributed by atoms with Gasteiger partial charge in [0.1, 0.15) is 5.69 Å². The van der Waals surface area contributed by atoms with Crippen LogP contribution in [-0.2, 0) is 6.42 Å². The van der Waals surface area contributed by atoms with Crippen LogP contribution in [0.25, 0.3) is 11.3 Å². The first-order valence-electron chi connectivity index (χ1n) is 5.32. The Morgan fingerprint density at radius 2 is 2.00 bits per heavy atom. The van der Waals surface area contributed by atoms with Crippen LogP contribution in [0.15, 0.2) is 28.7 Å². The van der Waals surface area contributed by atoms with Crippen LogP contribution in [0.1, 0.15) is 12.1 Å². The van der Waals surface area contributed by atoms with Crippen LogP contribution in [0.5, 0.6) is 0 Å². The molecule has 90 valence electrons. The summed E-state index contributed by atoms with van der Waals surface area (Å²) in [7, 11) is 0. The molecule has 2 N–H and O–H groups in total. The number of nitrogens with one attached hydrogen (secondary N) is 1. The second-order valence-electron chi connectivity index (χ2n) is 3.70. The molecule has 0 bridgehead atoms. The van der Waals surface area contributed by atoms with Crippen molar-refractivity contribution < 1.29 is 5.11 Å². The zero-order valence-corrected chi connectivity index (χ0v) is 11.4. The van der Waals surface area contributed by atoms with Crippen LogP contribution >= 0.6 is 27.5 Å². The monoisotopic (exact) mass is 314 g/mol. The highest BCUT2D eigenvalue weighted by atomic mass is 79.9. The number of aryl methyl sites for hydroxylation is 1. The van der Waals surface area contributed by atoms with Gasteiger partial charge in [-0.1, -0.05) is 23.7 Å². The molecule has 0 spiro atoms. The number of nitrogens with zero attached hydrogens (tertiary/aromatic N) is 1. The second-order valence-corrected chi connectivity index (χ2v) is 4.93. The zero-order chi connectivity index (χ0) is 12.3. The molecule has 1 aromatic carbocycles. The Labute approximate surface area is 113 Å². The average Bonchev–Trinajstić information content (AvgIpc) is 2.69. The van der Waals surface area contributed by atoms with Crippen molar-refractivity contribution in [2.45, 2.75) is 12.8 Å². The predicted molar refractivity (Wildman–Crippen MR) is 72.1 cm³/mol. The first kappa shape index (κ1) is 12.6. The maximum Gasteiger partial charge on any atom is 0.107 e. The summed E-state index contributed by atoms with van der Waals surface area (Å²) in [6.07, 6.45) is 1.50. The summed E-state index contributed by atoms with van der Waals surface area (Å²) in [6, 6.07) is 7.54. The van der Waals surface area contributed by atoms with Crippen molar-refractivity contribution in [2.75, 3.05) is 6.61 Å². The normalized spacial score (nSPS) is 10.8. The van der Waals surface area contributed by atoms with Crippen molar-refractivity contribution >= 4 is 27.5 Å². The van der Waals surface area contributed by atoms with Gasteiger partial charge in [0.05, 0.1) is 10.2 Å².